The van der Waals surface area contributed by atoms with Gasteiger partial charge in [-0.25, -0.2) is 4.98 Å². The van der Waals surface area contributed by atoms with E-state index in [2.05, 4.69) is 27.9 Å². The summed E-state index contributed by atoms with van der Waals surface area (Å²) in [6, 6.07) is 5.82. The summed E-state index contributed by atoms with van der Waals surface area (Å²) >= 11 is 6.14. The zero-order valence-corrected chi connectivity index (χ0v) is 16.4. The summed E-state index contributed by atoms with van der Waals surface area (Å²) in [5, 5.41) is 0.755. The fourth-order valence-corrected chi connectivity index (χ4v) is 5.04. The Morgan fingerprint density at radius 1 is 1.26 bits per heavy atom. The molecule has 1 spiro atoms. The molecule has 4 heterocycles. The van der Waals surface area contributed by atoms with Gasteiger partial charge in [0.2, 0.25) is 0 Å². The van der Waals surface area contributed by atoms with Crippen molar-refractivity contribution < 1.29 is 4.74 Å². The molecule has 0 radical (unpaired) electrons. The van der Waals surface area contributed by atoms with Crippen molar-refractivity contribution in [3.8, 4) is 5.75 Å². The number of aromatic nitrogens is 2. The van der Waals surface area contributed by atoms with E-state index in [1.165, 1.54) is 17.0 Å². The Kier molecular flexibility index (Phi) is 4.26. The third-order valence-electron chi connectivity index (χ3n) is 6.44. The van der Waals surface area contributed by atoms with Crippen LogP contribution in [0, 0.1) is 0 Å². The molecule has 5 rings (SSSR count). The molecular formula is C21H25ClN4O. The van der Waals surface area contributed by atoms with Gasteiger partial charge in [-0.15, -0.1) is 0 Å². The number of fused-ring (bicyclic) bond motifs is 3. The summed E-state index contributed by atoms with van der Waals surface area (Å²) in [6.07, 6.45) is 7.43. The van der Waals surface area contributed by atoms with Gasteiger partial charge in [0.15, 0.2) is 0 Å². The van der Waals surface area contributed by atoms with Crippen molar-refractivity contribution in [3.63, 3.8) is 0 Å². The molecule has 0 saturated carbocycles. The standard InChI is InChI=1S/C21H25ClN4O/c1-25-7-4-18-20(24-14-23-18)21(25)5-8-26(9-6-21)12-15-10-16-11-17(22)2-3-19(16)27-13-15/h2-3,10-11,14H,4-9,12-13H2,1H3,(H,23,24). The number of H-pyrrole nitrogens is 1. The van der Waals surface area contributed by atoms with Crippen LogP contribution in [0.25, 0.3) is 6.08 Å². The Hall–Kier alpha value is -1.82. The van der Waals surface area contributed by atoms with Crippen molar-refractivity contribution in [1.82, 2.24) is 19.8 Å². The number of hydrogen-bond donors (Lipinski definition) is 1. The molecule has 1 saturated heterocycles. The second-order valence-electron chi connectivity index (χ2n) is 7.98. The van der Waals surface area contributed by atoms with Crippen molar-refractivity contribution in [2.24, 2.45) is 0 Å². The Morgan fingerprint density at radius 3 is 2.96 bits per heavy atom. The Labute approximate surface area is 165 Å². The monoisotopic (exact) mass is 384 g/mol. The summed E-state index contributed by atoms with van der Waals surface area (Å²) in [5.74, 6) is 0.927. The zero-order valence-electron chi connectivity index (χ0n) is 15.7. The number of imidazole rings is 1. The molecule has 1 N–H and O–H groups in total. The molecule has 3 aliphatic heterocycles. The summed E-state index contributed by atoms with van der Waals surface area (Å²) < 4.78 is 5.92. The fourth-order valence-electron chi connectivity index (χ4n) is 4.86. The van der Waals surface area contributed by atoms with Crippen molar-refractivity contribution in [1.29, 1.82) is 0 Å². The van der Waals surface area contributed by atoms with Gasteiger partial charge < -0.3 is 9.72 Å². The van der Waals surface area contributed by atoms with E-state index in [0.717, 1.165) is 61.8 Å². The number of aromatic amines is 1. The lowest BCUT2D eigenvalue weighted by atomic mass is 9.79. The van der Waals surface area contributed by atoms with E-state index in [1.54, 1.807) is 0 Å². The highest BCUT2D eigenvalue weighted by atomic mass is 35.5. The number of rotatable bonds is 2. The Bertz CT molecular complexity index is 882. The summed E-state index contributed by atoms with van der Waals surface area (Å²) in [6.45, 7) is 4.89. The van der Waals surface area contributed by atoms with Crippen LogP contribution in [-0.2, 0) is 12.0 Å². The first-order valence-corrected chi connectivity index (χ1v) is 10.1. The first kappa shape index (κ1) is 17.3. The smallest absolute Gasteiger partial charge is 0.127 e. The minimum atomic E-state index is 0.0989. The normalized spacial score (nSPS) is 22.1. The maximum absolute atomic E-state index is 6.14. The van der Waals surface area contributed by atoms with Crippen LogP contribution < -0.4 is 4.74 Å². The number of benzene rings is 1. The lowest BCUT2D eigenvalue weighted by Gasteiger charge is -2.49. The molecule has 5 nitrogen and oxygen atoms in total. The predicted octanol–water partition coefficient (Wildman–Crippen LogP) is 3.32. The molecule has 3 aliphatic rings. The van der Waals surface area contributed by atoms with E-state index in [4.69, 9.17) is 21.3 Å². The van der Waals surface area contributed by atoms with Gasteiger partial charge in [0.1, 0.15) is 12.4 Å². The second kappa shape index (κ2) is 6.66. The molecule has 0 unspecified atom stereocenters. The number of ether oxygens (including phenoxy) is 1. The quantitative estimate of drug-likeness (QED) is 0.862. The van der Waals surface area contributed by atoms with Crippen LogP contribution in [0.1, 0.15) is 29.8 Å². The third kappa shape index (κ3) is 2.98. The van der Waals surface area contributed by atoms with E-state index < -0.39 is 0 Å². The largest absolute Gasteiger partial charge is 0.489 e. The van der Waals surface area contributed by atoms with Crippen molar-refractivity contribution in [3.05, 3.63) is 52.1 Å². The maximum Gasteiger partial charge on any atom is 0.127 e. The van der Waals surface area contributed by atoms with Gasteiger partial charge in [-0.3, -0.25) is 9.80 Å². The first-order valence-electron chi connectivity index (χ1n) is 9.72. The first-order chi connectivity index (χ1) is 13.1. The van der Waals surface area contributed by atoms with Gasteiger partial charge in [-0.05, 0) is 49.7 Å². The van der Waals surface area contributed by atoms with Crippen LogP contribution in [0.5, 0.6) is 5.75 Å². The molecule has 1 aromatic heterocycles. The van der Waals surface area contributed by atoms with Gasteiger partial charge in [0.25, 0.3) is 0 Å². The topological polar surface area (TPSA) is 44.4 Å². The van der Waals surface area contributed by atoms with Gasteiger partial charge in [0, 0.05) is 48.9 Å². The van der Waals surface area contributed by atoms with Crippen molar-refractivity contribution >= 4 is 17.7 Å². The zero-order chi connectivity index (χ0) is 18.4. The number of piperidine rings is 1. The van der Waals surface area contributed by atoms with Crippen LogP contribution in [-0.4, -0.2) is 59.6 Å². The molecule has 6 heteroatoms. The highest BCUT2D eigenvalue weighted by Crippen LogP contribution is 2.41. The maximum atomic E-state index is 6.14. The van der Waals surface area contributed by atoms with Crippen LogP contribution in [0.2, 0.25) is 5.02 Å². The van der Waals surface area contributed by atoms with E-state index in [9.17, 15) is 0 Å². The lowest BCUT2D eigenvalue weighted by molar-refractivity contribution is 0.0268. The van der Waals surface area contributed by atoms with E-state index in [0.29, 0.717) is 6.61 Å². The van der Waals surface area contributed by atoms with Gasteiger partial charge in [0.05, 0.1) is 17.6 Å². The SMILES string of the molecule is CN1CCc2[nH]cnc2C12CCN(CC1=Cc3cc(Cl)ccc3OC1)CC2. The van der Waals surface area contributed by atoms with Gasteiger partial charge >= 0.3 is 0 Å². The van der Waals surface area contributed by atoms with Crippen molar-refractivity contribution in [2.75, 3.05) is 39.8 Å². The predicted molar refractivity (Wildman–Crippen MR) is 107 cm³/mol. The molecule has 1 fully saturated rings. The Balaban J connectivity index is 1.30. The Morgan fingerprint density at radius 2 is 2.11 bits per heavy atom. The van der Waals surface area contributed by atoms with Crippen molar-refractivity contribution in [2.45, 2.75) is 24.8 Å². The lowest BCUT2D eigenvalue weighted by Crippen LogP contribution is -2.55. The van der Waals surface area contributed by atoms with E-state index in [1.807, 2.05) is 24.5 Å². The summed E-state index contributed by atoms with van der Waals surface area (Å²) in [5.41, 5.74) is 5.11. The van der Waals surface area contributed by atoms with Crippen LogP contribution in [0.3, 0.4) is 0 Å². The second-order valence-corrected chi connectivity index (χ2v) is 8.42. The third-order valence-corrected chi connectivity index (χ3v) is 6.68. The number of likely N-dealkylation sites (tertiary alicyclic amines) is 1. The number of likely N-dealkylation sites (N-methyl/N-ethyl adjacent to an activating group) is 1. The summed E-state index contributed by atoms with van der Waals surface area (Å²) in [4.78, 5) is 13.1. The average Bonchev–Trinajstić information content (AvgIpc) is 3.16. The average molecular weight is 385 g/mol. The van der Waals surface area contributed by atoms with E-state index >= 15 is 0 Å². The molecule has 0 bridgehead atoms. The number of hydrogen-bond acceptors (Lipinski definition) is 4. The van der Waals surface area contributed by atoms with Crippen LogP contribution >= 0.6 is 11.6 Å². The highest BCUT2D eigenvalue weighted by Gasteiger charge is 2.44. The molecule has 27 heavy (non-hydrogen) atoms. The fraction of sp³-hybridized carbons (Fsp3) is 0.476. The molecule has 1 aromatic carbocycles. The molecule has 0 aliphatic carbocycles. The van der Waals surface area contributed by atoms with E-state index in [-0.39, 0.29) is 5.54 Å². The number of nitrogens with one attached hydrogen (secondary N) is 1. The van der Waals surface area contributed by atoms with Gasteiger partial charge in [-0.1, -0.05) is 11.6 Å². The van der Waals surface area contributed by atoms with Crippen LogP contribution in [0.15, 0.2) is 30.1 Å². The molecule has 0 atom stereocenters. The molecule has 0 amide bonds. The molecule has 142 valence electrons. The number of nitrogens with zero attached hydrogens (tertiary/aromatic N) is 3. The minimum Gasteiger partial charge on any atom is -0.489 e. The molecule has 2 aromatic rings. The summed E-state index contributed by atoms with van der Waals surface area (Å²) in [7, 11) is 2.26. The van der Waals surface area contributed by atoms with Crippen LogP contribution in [0.4, 0.5) is 0 Å². The number of halogens is 1. The van der Waals surface area contributed by atoms with Gasteiger partial charge in [-0.2, -0.15) is 0 Å². The minimum absolute atomic E-state index is 0.0989. The molecular weight excluding hydrogens is 360 g/mol. The highest BCUT2D eigenvalue weighted by molar-refractivity contribution is 6.30.